The van der Waals surface area contributed by atoms with Crippen LogP contribution in [-0.4, -0.2) is 4.98 Å². The van der Waals surface area contributed by atoms with Crippen LogP contribution in [0.15, 0.2) is 48.7 Å². The van der Waals surface area contributed by atoms with E-state index in [0.29, 0.717) is 0 Å². The molecule has 1 aromatic heterocycles. The van der Waals surface area contributed by atoms with Crippen LogP contribution in [0.4, 0.5) is 0 Å². The molecule has 1 aromatic carbocycles. The van der Waals surface area contributed by atoms with Crippen molar-refractivity contribution in [3.8, 4) is 0 Å². The van der Waals surface area contributed by atoms with Crippen LogP contribution < -0.4 is 0 Å². The van der Waals surface area contributed by atoms with E-state index in [1.807, 2.05) is 36.5 Å². The van der Waals surface area contributed by atoms with Gasteiger partial charge < -0.3 is 0 Å². The van der Waals surface area contributed by atoms with E-state index in [1.165, 1.54) is 11.1 Å². The fourth-order valence-corrected chi connectivity index (χ4v) is 1.41. The molecule has 0 saturated heterocycles. The van der Waals surface area contributed by atoms with Gasteiger partial charge in [-0.15, -0.1) is 0 Å². The van der Waals surface area contributed by atoms with Crippen LogP contribution in [-0.2, 0) is 0 Å². The van der Waals surface area contributed by atoms with Gasteiger partial charge in [0.15, 0.2) is 0 Å². The van der Waals surface area contributed by atoms with E-state index < -0.39 is 0 Å². The molecule has 0 radical (unpaired) electrons. The molecule has 0 aliphatic heterocycles. The number of hydrogen-bond acceptors (Lipinski definition) is 1. The molecule has 0 aliphatic rings. The molecule has 0 spiro atoms. The minimum absolute atomic E-state index is 1.03. The number of rotatable bonds is 2. The number of aromatic nitrogens is 1. The zero-order valence-electron chi connectivity index (χ0n) is 8.72. The molecular weight excluding hydrogens is 182 g/mol. The molecule has 1 heteroatoms. The predicted octanol–water partition coefficient (Wildman–Crippen LogP) is 3.56. The van der Waals surface area contributed by atoms with Crippen LogP contribution in [0.1, 0.15) is 16.8 Å². The van der Waals surface area contributed by atoms with Gasteiger partial charge in [0.05, 0.1) is 5.69 Å². The average Bonchev–Trinajstić information content (AvgIpc) is 2.29. The highest BCUT2D eigenvalue weighted by Gasteiger charge is 1.92. The zero-order chi connectivity index (χ0) is 10.5. The lowest BCUT2D eigenvalue weighted by atomic mass is 10.1. The summed E-state index contributed by atoms with van der Waals surface area (Å²) in [6, 6.07) is 14.3. The Morgan fingerprint density at radius 3 is 2.47 bits per heavy atom. The maximum Gasteiger partial charge on any atom is 0.0658 e. The normalized spacial score (nSPS) is 10.7. The van der Waals surface area contributed by atoms with Crippen LogP contribution in [0.2, 0.25) is 0 Å². The highest BCUT2D eigenvalue weighted by molar-refractivity contribution is 5.69. The van der Waals surface area contributed by atoms with E-state index in [9.17, 15) is 0 Å². The Morgan fingerprint density at radius 2 is 1.73 bits per heavy atom. The topological polar surface area (TPSA) is 12.9 Å². The fourth-order valence-electron chi connectivity index (χ4n) is 1.41. The lowest BCUT2D eigenvalue weighted by Crippen LogP contribution is -1.83. The molecule has 2 aromatic rings. The third-order valence-electron chi connectivity index (χ3n) is 2.28. The first-order chi connectivity index (χ1) is 7.36. The summed E-state index contributed by atoms with van der Waals surface area (Å²) in [6.45, 7) is 2.07. The van der Waals surface area contributed by atoms with Gasteiger partial charge in [0, 0.05) is 6.20 Å². The molecule has 1 heterocycles. The van der Waals surface area contributed by atoms with Crippen LogP contribution in [0.25, 0.3) is 12.2 Å². The fraction of sp³-hybridized carbons (Fsp3) is 0.0714. The second kappa shape index (κ2) is 4.56. The number of hydrogen-bond donors (Lipinski definition) is 0. The lowest BCUT2D eigenvalue weighted by molar-refractivity contribution is 1.24. The first-order valence-electron chi connectivity index (χ1n) is 5.01. The zero-order valence-corrected chi connectivity index (χ0v) is 8.72. The third kappa shape index (κ3) is 2.53. The van der Waals surface area contributed by atoms with E-state index >= 15 is 0 Å². The van der Waals surface area contributed by atoms with Crippen molar-refractivity contribution >= 4 is 12.2 Å². The Balaban J connectivity index is 2.23. The number of aryl methyl sites for hydroxylation is 1. The Labute approximate surface area is 90.1 Å². The van der Waals surface area contributed by atoms with E-state index in [2.05, 4.69) is 36.2 Å². The molecule has 0 aliphatic carbocycles. The second-order valence-corrected chi connectivity index (χ2v) is 3.45. The summed E-state index contributed by atoms with van der Waals surface area (Å²) in [5.74, 6) is 0. The standard InChI is InChI=1S/C14H13N/c1-12-6-5-11-15-14(12)10-9-13-7-3-2-4-8-13/h2-11H,1H3/b10-9+. The van der Waals surface area contributed by atoms with Crippen molar-refractivity contribution in [2.75, 3.05) is 0 Å². The molecule has 0 fully saturated rings. The minimum atomic E-state index is 1.03. The predicted molar refractivity (Wildman–Crippen MR) is 64.3 cm³/mol. The Hall–Kier alpha value is -1.89. The van der Waals surface area contributed by atoms with Gasteiger partial charge in [-0.1, -0.05) is 42.5 Å². The smallest absolute Gasteiger partial charge is 0.0658 e. The molecule has 15 heavy (non-hydrogen) atoms. The molecule has 0 saturated carbocycles. The number of nitrogens with zero attached hydrogens (tertiary/aromatic N) is 1. The van der Waals surface area contributed by atoms with Crippen LogP contribution in [0.5, 0.6) is 0 Å². The summed E-state index contributed by atoms with van der Waals surface area (Å²) in [6.07, 6.45) is 5.94. The van der Waals surface area contributed by atoms with Crippen molar-refractivity contribution in [3.05, 3.63) is 65.5 Å². The van der Waals surface area contributed by atoms with Crippen LogP contribution in [0.3, 0.4) is 0 Å². The molecule has 0 amide bonds. The van der Waals surface area contributed by atoms with Crippen molar-refractivity contribution < 1.29 is 0 Å². The third-order valence-corrected chi connectivity index (χ3v) is 2.28. The van der Waals surface area contributed by atoms with Crippen LogP contribution in [0, 0.1) is 6.92 Å². The molecule has 0 bridgehead atoms. The van der Waals surface area contributed by atoms with Gasteiger partial charge in [0.2, 0.25) is 0 Å². The maximum atomic E-state index is 4.31. The first-order valence-corrected chi connectivity index (χ1v) is 5.01. The lowest BCUT2D eigenvalue weighted by Gasteiger charge is -1.97. The van der Waals surface area contributed by atoms with E-state index in [0.717, 1.165) is 5.69 Å². The van der Waals surface area contributed by atoms with Gasteiger partial charge in [-0.3, -0.25) is 4.98 Å². The van der Waals surface area contributed by atoms with Gasteiger partial charge in [-0.2, -0.15) is 0 Å². The van der Waals surface area contributed by atoms with E-state index in [-0.39, 0.29) is 0 Å². The van der Waals surface area contributed by atoms with Crippen LogP contribution >= 0.6 is 0 Å². The molecule has 0 unspecified atom stereocenters. The van der Waals surface area contributed by atoms with Gasteiger partial charge in [-0.05, 0) is 30.2 Å². The molecule has 0 N–H and O–H groups in total. The minimum Gasteiger partial charge on any atom is -0.257 e. The van der Waals surface area contributed by atoms with Crippen molar-refractivity contribution in [2.24, 2.45) is 0 Å². The van der Waals surface area contributed by atoms with Gasteiger partial charge in [0.1, 0.15) is 0 Å². The van der Waals surface area contributed by atoms with Gasteiger partial charge in [-0.25, -0.2) is 0 Å². The molecule has 2 rings (SSSR count). The van der Waals surface area contributed by atoms with E-state index in [1.54, 1.807) is 0 Å². The summed E-state index contributed by atoms with van der Waals surface area (Å²) in [7, 11) is 0. The highest BCUT2D eigenvalue weighted by Crippen LogP contribution is 2.09. The summed E-state index contributed by atoms with van der Waals surface area (Å²) in [5, 5.41) is 0. The SMILES string of the molecule is Cc1cccnc1/C=C/c1ccccc1. The quantitative estimate of drug-likeness (QED) is 0.714. The summed E-state index contributed by atoms with van der Waals surface area (Å²) in [5.41, 5.74) is 3.42. The molecule has 74 valence electrons. The van der Waals surface area contributed by atoms with Crippen molar-refractivity contribution in [2.45, 2.75) is 6.92 Å². The summed E-state index contributed by atoms with van der Waals surface area (Å²) >= 11 is 0. The molecule has 0 atom stereocenters. The summed E-state index contributed by atoms with van der Waals surface area (Å²) < 4.78 is 0. The maximum absolute atomic E-state index is 4.31. The van der Waals surface area contributed by atoms with Crippen molar-refractivity contribution in [1.82, 2.24) is 4.98 Å². The summed E-state index contributed by atoms with van der Waals surface area (Å²) in [4.78, 5) is 4.31. The number of pyridine rings is 1. The Bertz CT molecular complexity index is 458. The molecular formula is C14H13N. The largest absolute Gasteiger partial charge is 0.257 e. The Morgan fingerprint density at radius 1 is 0.933 bits per heavy atom. The second-order valence-electron chi connectivity index (χ2n) is 3.45. The first kappa shape index (κ1) is 9.66. The van der Waals surface area contributed by atoms with Gasteiger partial charge >= 0.3 is 0 Å². The monoisotopic (exact) mass is 195 g/mol. The highest BCUT2D eigenvalue weighted by atomic mass is 14.7. The average molecular weight is 195 g/mol. The van der Waals surface area contributed by atoms with Crippen molar-refractivity contribution in [1.29, 1.82) is 0 Å². The van der Waals surface area contributed by atoms with E-state index in [4.69, 9.17) is 0 Å². The number of benzene rings is 1. The Kier molecular flexibility index (Phi) is 2.93. The van der Waals surface area contributed by atoms with Crippen molar-refractivity contribution in [3.63, 3.8) is 0 Å². The molecule has 1 nitrogen and oxygen atoms in total. The van der Waals surface area contributed by atoms with Gasteiger partial charge in [0.25, 0.3) is 0 Å².